The normalized spacial score (nSPS) is 11.7. The van der Waals surface area contributed by atoms with Crippen molar-refractivity contribution in [2.75, 3.05) is 25.0 Å². The van der Waals surface area contributed by atoms with Crippen LogP contribution in [0, 0.1) is 5.82 Å². The van der Waals surface area contributed by atoms with Gasteiger partial charge in [0.05, 0.1) is 5.69 Å². The average molecular weight is 278 g/mol. The van der Waals surface area contributed by atoms with Gasteiger partial charge in [0.1, 0.15) is 12.4 Å². The minimum atomic E-state index is -4.35. The van der Waals surface area contributed by atoms with Crippen molar-refractivity contribution in [3.63, 3.8) is 0 Å². The van der Waals surface area contributed by atoms with E-state index in [0.29, 0.717) is 18.5 Å². The highest BCUT2D eigenvalue weighted by Gasteiger charge is 2.32. The van der Waals surface area contributed by atoms with Crippen LogP contribution in [-0.2, 0) is 6.54 Å². The summed E-state index contributed by atoms with van der Waals surface area (Å²) in [6.45, 7) is 1.11. The number of nitrogens with zero attached hydrogens (tertiary/aromatic N) is 1. The lowest BCUT2D eigenvalue weighted by atomic mass is 10.1. The summed E-state index contributed by atoms with van der Waals surface area (Å²) >= 11 is 0. The maximum Gasteiger partial charge on any atom is 0.405 e. The van der Waals surface area contributed by atoms with Crippen LogP contribution in [0.4, 0.5) is 23.2 Å². The van der Waals surface area contributed by atoms with Crippen molar-refractivity contribution in [1.29, 1.82) is 0 Å². The molecule has 19 heavy (non-hydrogen) atoms. The molecule has 1 aromatic carbocycles. The molecule has 2 nitrogen and oxygen atoms in total. The van der Waals surface area contributed by atoms with Crippen LogP contribution in [-0.4, -0.2) is 26.3 Å². The van der Waals surface area contributed by atoms with E-state index in [0.717, 1.165) is 4.90 Å². The predicted octanol–water partition coefficient (Wildman–Crippen LogP) is 3.32. The molecule has 0 aromatic heterocycles. The van der Waals surface area contributed by atoms with Crippen LogP contribution in [0.5, 0.6) is 0 Å². The Labute approximate surface area is 110 Å². The molecule has 0 spiro atoms. The molecule has 108 valence electrons. The topological polar surface area (TPSA) is 15.3 Å². The van der Waals surface area contributed by atoms with Crippen LogP contribution in [0.1, 0.15) is 18.9 Å². The van der Waals surface area contributed by atoms with Gasteiger partial charge in [-0.2, -0.15) is 13.2 Å². The zero-order valence-electron chi connectivity index (χ0n) is 11.0. The van der Waals surface area contributed by atoms with E-state index in [1.54, 1.807) is 20.0 Å². The van der Waals surface area contributed by atoms with Gasteiger partial charge in [-0.15, -0.1) is 0 Å². The van der Waals surface area contributed by atoms with Gasteiger partial charge in [0.15, 0.2) is 0 Å². The Morgan fingerprint density at radius 3 is 2.47 bits per heavy atom. The van der Waals surface area contributed by atoms with Gasteiger partial charge in [-0.3, -0.25) is 0 Å². The Kier molecular flexibility index (Phi) is 5.60. The van der Waals surface area contributed by atoms with E-state index in [1.807, 2.05) is 0 Å². The summed E-state index contributed by atoms with van der Waals surface area (Å²) in [5.41, 5.74) is 0.566. The molecule has 0 saturated carbocycles. The maximum atomic E-state index is 13.9. The smallest absolute Gasteiger partial charge is 0.360 e. The van der Waals surface area contributed by atoms with Crippen molar-refractivity contribution in [3.8, 4) is 0 Å². The lowest BCUT2D eigenvalue weighted by molar-refractivity contribution is -0.119. The third-order valence-corrected chi connectivity index (χ3v) is 2.62. The molecule has 0 atom stereocenters. The first-order valence-electron chi connectivity index (χ1n) is 6.12. The molecule has 1 aromatic rings. The van der Waals surface area contributed by atoms with Crippen molar-refractivity contribution in [2.45, 2.75) is 26.1 Å². The average Bonchev–Trinajstić information content (AvgIpc) is 2.27. The largest absolute Gasteiger partial charge is 0.405 e. The molecule has 0 fully saturated rings. The van der Waals surface area contributed by atoms with Crippen LogP contribution in [0.15, 0.2) is 18.2 Å². The van der Waals surface area contributed by atoms with E-state index in [4.69, 9.17) is 0 Å². The molecule has 0 heterocycles. The van der Waals surface area contributed by atoms with Gasteiger partial charge in [0, 0.05) is 13.1 Å². The molecular weight excluding hydrogens is 260 g/mol. The first kappa shape index (κ1) is 15.8. The number of rotatable bonds is 6. The summed E-state index contributed by atoms with van der Waals surface area (Å²) in [6.07, 6.45) is -3.84. The number of nitrogens with one attached hydrogen (secondary N) is 1. The highest BCUT2D eigenvalue weighted by molar-refractivity contribution is 5.55. The van der Waals surface area contributed by atoms with Crippen molar-refractivity contribution < 1.29 is 17.6 Å². The lowest BCUT2D eigenvalue weighted by Gasteiger charge is -2.28. The second kappa shape index (κ2) is 6.75. The molecule has 0 aliphatic carbocycles. The van der Waals surface area contributed by atoms with Gasteiger partial charge in [0.2, 0.25) is 0 Å². The summed E-state index contributed by atoms with van der Waals surface area (Å²) in [5.74, 6) is -0.620. The minimum Gasteiger partial charge on any atom is -0.360 e. The van der Waals surface area contributed by atoms with E-state index in [-0.39, 0.29) is 12.2 Å². The van der Waals surface area contributed by atoms with E-state index in [9.17, 15) is 17.6 Å². The van der Waals surface area contributed by atoms with Crippen molar-refractivity contribution in [1.82, 2.24) is 5.32 Å². The van der Waals surface area contributed by atoms with Crippen LogP contribution in [0.25, 0.3) is 0 Å². The summed E-state index contributed by atoms with van der Waals surface area (Å²) in [4.78, 5) is 1.06. The molecule has 0 amide bonds. The minimum absolute atomic E-state index is 0.0380. The molecule has 6 heteroatoms. The monoisotopic (exact) mass is 278 g/mol. The summed E-state index contributed by atoms with van der Waals surface area (Å²) in [6, 6.07) is 4.32. The number of benzene rings is 1. The Morgan fingerprint density at radius 2 is 1.95 bits per heavy atom. The molecule has 1 N–H and O–H groups in total. The number of anilines is 1. The Balaban J connectivity index is 3.13. The van der Waals surface area contributed by atoms with Gasteiger partial charge in [-0.25, -0.2) is 4.39 Å². The molecule has 0 aliphatic rings. The van der Waals surface area contributed by atoms with E-state index in [2.05, 4.69) is 5.32 Å². The third-order valence-electron chi connectivity index (χ3n) is 2.62. The summed E-state index contributed by atoms with van der Waals surface area (Å²) < 4.78 is 51.6. The number of hydrogen-bond donors (Lipinski definition) is 1. The number of halogens is 4. The zero-order chi connectivity index (χ0) is 14.5. The van der Waals surface area contributed by atoms with E-state index >= 15 is 0 Å². The molecule has 0 bridgehead atoms. The molecule has 0 saturated heterocycles. The molecular formula is C13H18F4N2. The first-order valence-corrected chi connectivity index (χ1v) is 6.12. The second-order valence-corrected chi connectivity index (χ2v) is 4.31. The SMILES string of the molecule is CCCN(CC(F)(F)F)c1c(F)cccc1CNC. The van der Waals surface area contributed by atoms with Crippen LogP contribution >= 0.6 is 0 Å². The Morgan fingerprint density at radius 1 is 1.26 bits per heavy atom. The number of hydrogen-bond acceptors (Lipinski definition) is 2. The van der Waals surface area contributed by atoms with Crippen molar-refractivity contribution >= 4 is 5.69 Å². The Bertz CT molecular complexity index is 404. The fraction of sp³-hybridized carbons (Fsp3) is 0.538. The van der Waals surface area contributed by atoms with Crippen LogP contribution in [0.2, 0.25) is 0 Å². The molecule has 0 aliphatic heterocycles. The number of alkyl halides is 3. The third kappa shape index (κ3) is 4.70. The first-order chi connectivity index (χ1) is 8.89. The standard InChI is InChI=1S/C13H18F4N2/c1-3-7-19(9-13(15,16)17)12-10(8-18-2)5-4-6-11(12)14/h4-6,18H,3,7-9H2,1-2H3. The van der Waals surface area contributed by atoms with Gasteiger partial charge in [-0.05, 0) is 25.1 Å². The van der Waals surface area contributed by atoms with E-state index in [1.165, 1.54) is 12.1 Å². The fourth-order valence-corrected chi connectivity index (χ4v) is 2.00. The van der Waals surface area contributed by atoms with Crippen molar-refractivity contribution in [3.05, 3.63) is 29.6 Å². The van der Waals surface area contributed by atoms with Gasteiger partial charge in [0.25, 0.3) is 0 Å². The van der Waals surface area contributed by atoms with Gasteiger partial charge < -0.3 is 10.2 Å². The molecule has 0 radical (unpaired) electrons. The van der Waals surface area contributed by atoms with Crippen LogP contribution < -0.4 is 10.2 Å². The zero-order valence-corrected chi connectivity index (χ0v) is 11.0. The predicted molar refractivity (Wildman–Crippen MR) is 67.7 cm³/mol. The summed E-state index contributed by atoms with van der Waals surface area (Å²) in [5, 5.41) is 2.84. The quantitative estimate of drug-likeness (QED) is 0.803. The van der Waals surface area contributed by atoms with E-state index < -0.39 is 18.5 Å². The number of para-hydroxylation sites is 1. The maximum absolute atomic E-state index is 13.9. The Hall–Kier alpha value is -1.30. The highest BCUT2D eigenvalue weighted by Crippen LogP contribution is 2.28. The molecule has 0 unspecified atom stereocenters. The summed E-state index contributed by atoms with van der Waals surface area (Å²) in [7, 11) is 1.67. The second-order valence-electron chi connectivity index (χ2n) is 4.31. The van der Waals surface area contributed by atoms with Gasteiger partial charge in [-0.1, -0.05) is 19.1 Å². The van der Waals surface area contributed by atoms with Crippen LogP contribution in [0.3, 0.4) is 0 Å². The van der Waals surface area contributed by atoms with Gasteiger partial charge >= 0.3 is 6.18 Å². The fourth-order valence-electron chi connectivity index (χ4n) is 2.00. The van der Waals surface area contributed by atoms with Crippen molar-refractivity contribution in [2.24, 2.45) is 0 Å². The highest BCUT2D eigenvalue weighted by atomic mass is 19.4. The lowest BCUT2D eigenvalue weighted by Crippen LogP contribution is -2.36. The molecule has 1 rings (SSSR count).